The molecule has 3 aromatic rings. The van der Waals surface area contributed by atoms with Crippen molar-refractivity contribution in [2.45, 2.75) is 12.8 Å². The van der Waals surface area contributed by atoms with Crippen LogP contribution in [-0.2, 0) is 4.79 Å². The molecule has 0 unspecified atom stereocenters. The monoisotopic (exact) mass is 348 g/mol. The van der Waals surface area contributed by atoms with Crippen LogP contribution >= 0.6 is 0 Å². The molecule has 0 radical (unpaired) electrons. The number of carbonyl (C=O) groups is 2. The fourth-order valence-corrected chi connectivity index (χ4v) is 2.66. The average molecular weight is 348 g/mol. The minimum Gasteiger partial charge on any atom is -0.476 e. The van der Waals surface area contributed by atoms with Crippen molar-refractivity contribution in [3.8, 4) is 22.8 Å². The summed E-state index contributed by atoms with van der Waals surface area (Å²) in [7, 11) is 0. The molecule has 1 aliphatic carbocycles. The predicted molar refractivity (Wildman–Crippen MR) is 95.7 cm³/mol. The minimum atomic E-state index is -1.16. The maximum Gasteiger partial charge on any atom is 0.358 e. The minimum absolute atomic E-state index is 0.0232. The lowest BCUT2D eigenvalue weighted by Gasteiger charge is -2.05. The van der Waals surface area contributed by atoms with Gasteiger partial charge in [-0.2, -0.15) is 0 Å². The Balaban J connectivity index is 1.64. The summed E-state index contributed by atoms with van der Waals surface area (Å²) in [4.78, 5) is 27.5. The molecule has 0 atom stereocenters. The van der Waals surface area contributed by atoms with Gasteiger partial charge in [0, 0.05) is 22.7 Å². The first-order valence-electron chi connectivity index (χ1n) is 8.32. The van der Waals surface area contributed by atoms with Crippen molar-refractivity contribution in [1.82, 2.24) is 4.98 Å². The molecule has 1 heterocycles. The van der Waals surface area contributed by atoms with Gasteiger partial charge in [0.15, 0.2) is 11.5 Å². The molecule has 26 heavy (non-hydrogen) atoms. The van der Waals surface area contributed by atoms with Gasteiger partial charge in [-0.3, -0.25) is 4.79 Å². The van der Waals surface area contributed by atoms with E-state index in [4.69, 9.17) is 4.42 Å². The van der Waals surface area contributed by atoms with E-state index in [1.54, 1.807) is 36.4 Å². The lowest BCUT2D eigenvalue weighted by Crippen LogP contribution is -2.13. The maximum atomic E-state index is 11.8. The molecule has 6 nitrogen and oxygen atoms in total. The van der Waals surface area contributed by atoms with Crippen LogP contribution in [0.2, 0.25) is 0 Å². The molecule has 0 spiro atoms. The summed E-state index contributed by atoms with van der Waals surface area (Å²) in [5.41, 5.74) is 1.82. The van der Waals surface area contributed by atoms with Crippen molar-refractivity contribution in [3.63, 3.8) is 0 Å². The number of carboxylic acid groups (broad SMARTS) is 1. The van der Waals surface area contributed by atoms with E-state index in [0.717, 1.165) is 12.8 Å². The smallest absolute Gasteiger partial charge is 0.358 e. The van der Waals surface area contributed by atoms with E-state index < -0.39 is 5.97 Å². The number of amides is 1. The molecule has 2 N–H and O–H groups in total. The Morgan fingerprint density at radius 1 is 1.00 bits per heavy atom. The van der Waals surface area contributed by atoms with Gasteiger partial charge in [0.2, 0.25) is 11.8 Å². The second-order valence-corrected chi connectivity index (χ2v) is 6.21. The summed E-state index contributed by atoms with van der Waals surface area (Å²) < 4.78 is 5.74. The van der Waals surface area contributed by atoms with Crippen LogP contribution in [0.3, 0.4) is 0 Å². The van der Waals surface area contributed by atoms with Crippen LogP contribution < -0.4 is 5.32 Å². The lowest BCUT2D eigenvalue weighted by molar-refractivity contribution is -0.117. The molecule has 0 aliphatic heterocycles. The highest BCUT2D eigenvalue weighted by Gasteiger charge is 2.29. The van der Waals surface area contributed by atoms with E-state index in [2.05, 4.69) is 10.3 Å². The number of oxazole rings is 1. The third-order valence-electron chi connectivity index (χ3n) is 4.21. The number of carboxylic acids is 1. The first-order chi connectivity index (χ1) is 12.6. The fourth-order valence-electron chi connectivity index (χ4n) is 2.66. The van der Waals surface area contributed by atoms with E-state index in [1.807, 2.05) is 18.2 Å². The predicted octanol–water partition coefficient (Wildman–Crippen LogP) is 4.06. The second kappa shape index (κ2) is 6.48. The number of anilines is 1. The normalized spacial score (nSPS) is 13.4. The summed E-state index contributed by atoms with van der Waals surface area (Å²) in [6.45, 7) is 0. The summed E-state index contributed by atoms with van der Waals surface area (Å²) in [6, 6.07) is 16.0. The van der Waals surface area contributed by atoms with Gasteiger partial charge in [-0.15, -0.1) is 0 Å². The quantitative estimate of drug-likeness (QED) is 0.725. The highest BCUT2D eigenvalue weighted by atomic mass is 16.4. The molecular formula is C20H16N2O4. The van der Waals surface area contributed by atoms with Crippen LogP contribution in [0.25, 0.3) is 22.8 Å². The van der Waals surface area contributed by atoms with Crippen LogP contribution in [0.5, 0.6) is 0 Å². The number of rotatable bonds is 5. The number of carbonyl (C=O) groups excluding carboxylic acids is 1. The van der Waals surface area contributed by atoms with Crippen molar-refractivity contribution < 1.29 is 19.1 Å². The Labute approximate surface area is 149 Å². The first-order valence-corrected chi connectivity index (χ1v) is 8.32. The first kappa shape index (κ1) is 16.1. The van der Waals surface area contributed by atoms with Crippen molar-refractivity contribution in [2.75, 3.05) is 5.32 Å². The number of nitrogens with one attached hydrogen (secondary N) is 1. The zero-order valence-corrected chi connectivity index (χ0v) is 13.8. The van der Waals surface area contributed by atoms with Crippen molar-refractivity contribution in [3.05, 3.63) is 60.3 Å². The molecule has 6 heteroatoms. The van der Waals surface area contributed by atoms with Crippen LogP contribution in [0.4, 0.5) is 5.69 Å². The lowest BCUT2D eigenvalue weighted by atomic mass is 10.1. The summed E-state index contributed by atoms with van der Waals surface area (Å²) >= 11 is 0. The van der Waals surface area contributed by atoms with Crippen molar-refractivity contribution >= 4 is 17.6 Å². The van der Waals surface area contributed by atoms with Gasteiger partial charge in [0.25, 0.3) is 0 Å². The zero-order valence-electron chi connectivity index (χ0n) is 13.8. The molecule has 4 rings (SSSR count). The highest BCUT2D eigenvalue weighted by Crippen LogP contribution is 2.32. The van der Waals surface area contributed by atoms with Gasteiger partial charge in [0.05, 0.1) is 0 Å². The van der Waals surface area contributed by atoms with Crippen LogP contribution in [-0.4, -0.2) is 22.0 Å². The Kier molecular flexibility index (Phi) is 4.01. The van der Waals surface area contributed by atoms with Gasteiger partial charge >= 0.3 is 5.97 Å². The molecule has 2 aromatic carbocycles. The third-order valence-corrected chi connectivity index (χ3v) is 4.21. The standard InChI is InChI=1S/C20H16N2O4/c23-18(13-6-7-13)21-15-10-8-12(9-11-15)17-16(20(24)25)22-19(26-17)14-4-2-1-3-5-14/h1-5,8-11,13H,6-7H2,(H,21,23)(H,24,25). The Morgan fingerprint density at radius 2 is 1.69 bits per heavy atom. The Hall–Kier alpha value is -3.41. The summed E-state index contributed by atoms with van der Waals surface area (Å²) in [5.74, 6) is -0.566. The van der Waals surface area contributed by atoms with Gasteiger partial charge in [0.1, 0.15) is 0 Å². The largest absolute Gasteiger partial charge is 0.476 e. The van der Waals surface area contributed by atoms with E-state index in [-0.39, 0.29) is 29.2 Å². The van der Waals surface area contributed by atoms with Crippen LogP contribution in [0, 0.1) is 5.92 Å². The van der Waals surface area contributed by atoms with Crippen LogP contribution in [0.1, 0.15) is 23.3 Å². The SMILES string of the molecule is O=C(O)c1nc(-c2ccccc2)oc1-c1ccc(NC(=O)C2CC2)cc1. The Morgan fingerprint density at radius 3 is 2.31 bits per heavy atom. The van der Waals surface area contributed by atoms with E-state index in [1.165, 1.54) is 0 Å². The second-order valence-electron chi connectivity index (χ2n) is 6.21. The number of benzene rings is 2. The molecule has 1 fully saturated rings. The fraction of sp³-hybridized carbons (Fsp3) is 0.150. The van der Waals surface area contributed by atoms with E-state index >= 15 is 0 Å². The Bertz CT molecular complexity index is 957. The molecule has 1 saturated carbocycles. The molecule has 1 aromatic heterocycles. The summed E-state index contributed by atoms with van der Waals surface area (Å²) in [6.07, 6.45) is 1.87. The molecule has 0 saturated heterocycles. The molecule has 130 valence electrons. The van der Waals surface area contributed by atoms with Crippen LogP contribution in [0.15, 0.2) is 59.0 Å². The highest BCUT2D eigenvalue weighted by molar-refractivity contribution is 5.95. The topological polar surface area (TPSA) is 92.4 Å². The number of aromatic nitrogens is 1. The van der Waals surface area contributed by atoms with E-state index in [9.17, 15) is 14.7 Å². The van der Waals surface area contributed by atoms with Gasteiger partial charge in [-0.05, 0) is 49.2 Å². The number of hydrogen-bond donors (Lipinski definition) is 2. The molecule has 1 amide bonds. The van der Waals surface area contributed by atoms with Crippen molar-refractivity contribution in [1.29, 1.82) is 0 Å². The molecule has 1 aliphatic rings. The number of nitrogens with zero attached hydrogens (tertiary/aromatic N) is 1. The molecular weight excluding hydrogens is 332 g/mol. The maximum absolute atomic E-state index is 11.8. The molecule has 0 bridgehead atoms. The van der Waals surface area contributed by atoms with Gasteiger partial charge in [-0.1, -0.05) is 18.2 Å². The summed E-state index contributed by atoms with van der Waals surface area (Å²) in [5, 5.41) is 12.3. The average Bonchev–Trinajstić information content (AvgIpc) is 3.41. The van der Waals surface area contributed by atoms with Gasteiger partial charge in [-0.25, -0.2) is 9.78 Å². The zero-order chi connectivity index (χ0) is 18.1. The van der Waals surface area contributed by atoms with Crippen molar-refractivity contribution in [2.24, 2.45) is 5.92 Å². The number of hydrogen-bond acceptors (Lipinski definition) is 4. The number of aromatic carboxylic acids is 1. The van der Waals surface area contributed by atoms with Gasteiger partial charge < -0.3 is 14.8 Å². The third kappa shape index (κ3) is 3.21. The van der Waals surface area contributed by atoms with E-state index in [0.29, 0.717) is 16.8 Å².